The lowest BCUT2D eigenvalue weighted by Gasteiger charge is -2.21. The third kappa shape index (κ3) is 6.20. The van der Waals surface area contributed by atoms with Crippen molar-refractivity contribution in [2.75, 3.05) is 0 Å². The van der Waals surface area contributed by atoms with E-state index in [0.717, 1.165) is 19.3 Å². The van der Waals surface area contributed by atoms with Gasteiger partial charge >= 0.3 is 0 Å². The van der Waals surface area contributed by atoms with Gasteiger partial charge in [0.05, 0.1) is 6.10 Å². The molecule has 0 spiro atoms. The molecule has 0 radical (unpaired) electrons. The predicted molar refractivity (Wildman–Crippen MR) is 63.4 cm³/mol. The summed E-state index contributed by atoms with van der Waals surface area (Å²) in [7, 11) is 0. The average Bonchev–Trinajstić information content (AvgIpc) is 2.16. The van der Waals surface area contributed by atoms with Gasteiger partial charge in [0.2, 0.25) is 0 Å². The highest BCUT2D eigenvalue weighted by Crippen LogP contribution is 2.21. The van der Waals surface area contributed by atoms with Crippen molar-refractivity contribution in [2.24, 2.45) is 5.92 Å². The molecule has 2 unspecified atom stereocenters. The Morgan fingerprint density at radius 2 is 1.93 bits per heavy atom. The molecule has 84 valence electrons. The average molecular weight is 198 g/mol. The number of hydrogen-bond donors (Lipinski definition) is 1. The van der Waals surface area contributed by atoms with Crippen molar-refractivity contribution in [3.8, 4) is 0 Å². The Morgan fingerprint density at radius 1 is 1.29 bits per heavy atom. The quantitative estimate of drug-likeness (QED) is 0.586. The maximum absolute atomic E-state index is 9.94. The molecule has 0 rings (SSSR count). The van der Waals surface area contributed by atoms with Gasteiger partial charge in [0.1, 0.15) is 0 Å². The van der Waals surface area contributed by atoms with Gasteiger partial charge in [-0.15, -0.1) is 6.58 Å². The van der Waals surface area contributed by atoms with Crippen LogP contribution in [0.5, 0.6) is 0 Å². The minimum absolute atomic E-state index is 0.122. The fraction of sp³-hybridized carbons (Fsp3) is 0.846. The van der Waals surface area contributed by atoms with Crippen molar-refractivity contribution >= 4 is 0 Å². The fourth-order valence-corrected chi connectivity index (χ4v) is 1.76. The second-order valence-electron chi connectivity index (χ2n) is 4.37. The van der Waals surface area contributed by atoms with E-state index in [1.54, 1.807) is 0 Å². The number of unbranched alkanes of at least 4 members (excludes halogenated alkanes) is 1. The van der Waals surface area contributed by atoms with Crippen LogP contribution >= 0.6 is 0 Å². The second-order valence-corrected chi connectivity index (χ2v) is 4.37. The smallest absolute Gasteiger partial charge is 0.0571 e. The van der Waals surface area contributed by atoms with E-state index in [-0.39, 0.29) is 6.10 Å². The number of aliphatic hydroxyl groups is 1. The van der Waals surface area contributed by atoms with Crippen LogP contribution in [0, 0.1) is 5.92 Å². The number of aliphatic hydroxyl groups excluding tert-OH is 1. The molecule has 0 saturated carbocycles. The monoisotopic (exact) mass is 198 g/mol. The SMILES string of the molecule is C=C(C)CCC(O)C(CC)CCCC. The van der Waals surface area contributed by atoms with Crippen LogP contribution in [0.2, 0.25) is 0 Å². The van der Waals surface area contributed by atoms with E-state index in [9.17, 15) is 5.11 Å². The Kier molecular flexibility index (Phi) is 7.87. The molecule has 1 heteroatoms. The fourth-order valence-electron chi connectivity index (χ4n) is 1.76. The van der Waals surface area contributed by atoms with Crippen LogP contribution in [0.15, 0.2) is 12.2 Å². The summed E-state index contributed by atoms with van der Waals surface area (Å²) >= 11 is 0. The Hall–Kier alpha value is -0.300. The van der Waals surface area contributed by atoms with Crippen LogP contribution < -0.4 is 0 Å². The van der Waals surface area contributed by atoms with Crippen LogP contribution in [-0.2, 0) is 0 Å². The van der Waals surface area contributed by atoms with Gasteiger partial charge in [0.15, 0.2) is 0 Å². The maximum Gasteiger partial charge on any atom is 0.0571 e. The van der Waals surface area contributed by atoms with Crippen molar-refractivity contribution in [1.82, 2.24) is 0 Å². The molecule has 0 bridgehead atoms. The van der Waals surface area contributed by atoms with Gasteiger partial charge in [-0.25, -0.2) is 0 Å². The molecule has 0 heterocycles. The molecule has 0 amide bonds. The first-order valence-electron chi connectivity index (χ1n) is 5.94. The van der Waals surface area contributed by atoms with Crippen molar-refractivity contribution < 1.29 is 5.11 Å². The summed E-state index contributed by atoms with van der Waals surface area (Å²) in [4.78, 5) is 0. The summed E-state index contributed by atoms with van der Waals surface area (Å²) in [6, 6.07) is 0. The molecule has 14 heavy (non-hydrogen) atoms. The minimum atomic E-state index is -0.122. The van der Waals surface area contributed by atoms with Crippen molar-refractivity contribution in [1.29, 1.82) is 0 Å². The van der Waals surface area contributed by atoms with Crippen LogP contribution in [0.25, 0.3) is 0 Å². The molecule has 0 aromatic carbocycles. The van der Waals surface area contributed by atoms with E-state index in [4.69, 9.17) is 0 Å². The molecule has 0 aromatic heterocycles. The van der Waals surface area contributed by atoms with Gasteiger partial charge in [-0.2, -0.15) is 0 Å². The van der Waals surface area contributed by atoms with Gasteiger partial charge < -0.3 is 5.11 Å². The third-order valence-electron chi connectivity index (χ3n) is 2.86. The Balaban J connectivity index is 3.78. The molecular weight excluding hydrogens is 172 g/mol. The van der Waals surface area contributed by atoms with Crippen molar-refractivity contribution in [3.05, 3.63) is 12.2 Å². The standard InChI is InChI=1S/C13H26O/c1-5-7-8-12(6-2)13(14)10-9-11(3)4/h12-14H,3,5-10H2,1-2,4H3. The first-order valence-corrected chi connectivity index (χ1v) is 5.94. The molecule has 0 aliphatic carbocycles. The highest BCUT2D eigenvalue weighted by atomic mass is 16.3. The first kappa shape index (κ1) is 13.7. The van der Waals surface area contributed by atoms with Crippen LogP contribution in [0.1, 0.15) is 59.3 Å². The molecule has 0 aliphatic rings. The lowest BCUT2D eigenvalue weighted by molar-refractivity contribution is 0.0905. The normalized spacial score (nSPS) is 15.1. The van der Waals surface area contributed by atoms with E-state index < -0.39 is 0 Å². The Morgan fingerprint density at radius 3 is 2.36 bits per heavy atom. The van der Waals surface area contributed by atoms with E-state index >= 15 is 0 Å². The topological polar surface area (TPSA) is 20.2 Å². The Bertz CT molecular complexity index is 151. The third-order valence-corrected chi connectivity index (χ3v) is 2.86. The van der Waals surface area contributed by atoms with Gasteiger partial charge in [0.25, 0.3) is 0 Å². The highest BCUT2D eigenvalue weighted by molar-refractivity contribution is 4.88. The zero-order valence-electron chi connectivity index (χ0n) is 10.1. The lowest BCUT2D eigenvalue weighted by atomic mass is 9.90. The van der Waals surface area contributed by atoms with Gasteiger partial charge in [-0.05, 0) is 32.1 Å². The molecular formula is C13H26O. The van der Waals surface area contributed by atoms with E-state index in [2.05, 4.69) is 20.4 Å². The van der Waals surface area contributed by atoms with Crippen molar-refractivity contribution in [3.63, 3.8) is 0 Å². The summed E-state index contributed by atoms with van der Waals surface area (Å²) < 4.78 is 0. The number of hydrogen-bond acceptors (Lipinski definition) is 1. The van der Waals surface area contributed by atoms with Gasteiger partial charge in [-0.1, -0.05) is 38.7 Å². The zero-order valence-corrected chi connectivity index (χ0v) is 10.1. The van der Waals surface area contributed by atoms with Crippen LogP contribution in [0.3, 0.4) is 0 Å². The molecule has 1 N–H and O–H groups in total. The van der Waals surface area contributed by atoms with E-state index in [1.165, 1.54) is 24.8 Å². The predicted octanol–water partition coefficient (Wildman–Crippen LogP) is 3.92. The largest absolute Gasteiger partial charge is 0.393 e. The lowest BCUT2D eigenvalue weighted by Crippen LogP contribution is -2.19. The number of rotatable bonds is 8. The molecule has 1 nitrogen and oxygen atoms in total. The molecule has 0 aliphatic heterocycles. The first-order chi connectivity index (χ1) is 6.61. The van der Waals surface area contributed by atoms with Crippen molar-refractivity contribution in [2.45, 2.75) is 65.4 Å². The van der Waals surface area contributed by atoms with Crippen LogP contribution in [0.4, 0.5) is 0 Å². The molecule has 0 fully saturated rings. The van der Waals surface area contributed by atoms with Crippen LogP contribution in [-0.4, -0.2) is 11.2 Å². The summed E-state index contributed by atoms with van der Waals surface area (Å²) in [6.07, 6.45) is 6.46. The molecule has 0 aromatic rings. The van der Waals surface area contributed by atoms with E-state index in [1.807, 2.05) is 6.92 Å². The zero-order chi connectivity index (χ0) is 11.0. The summed E-state index contributed by atoms with van der Waals surface area (Å²) in [5, 5.41) is 9.94. The summed E-state index contributed by atoms with van der Waals surface area (Å²) in [5.74, 6) is 0.495. The number of allylic oxidation sites excluding steroid dienone is 1. The molecule has 2 atom stereocenters. The maximum atomic E-state index is 9.94. The molecule has 0 saturated heterocycles. The van der Waals surface area contributed by atoms with Gasteiger partial charge in [0, 0.05) is 0 Å². The van der Waals surface area contributed by atoms with Gasteiger partial charge in [-0.3, -0.25) is 0 Å². The second kappa shape index (κ2) is 8.05. The Labute approximate surface area is 89.2 Å². The van der Waals surface area contributed by atoms with E-state index in [0.29, 0.717) is 5.92 Å². The highest BCUT2D eigenvalue weighted by Gasteiger charge is 2.16. The summed E-state index contributed by atoms with van der Waals surface area (Å²) in [5.41, 5.74) is 1.18. The minimum Gasteiger partial charge on any atom is -0.393 e. The summed E-state index contributed by atoms with van der Waals surface area (Å²) in [6.45, 7) is 10.3.